The first kappa shape index (κ1) is 10.1. The van der Waals surface area contributed by atoms with Crippen LogP contribution in [0.1, 0.15) is 27.7 Å². The van der Waals surface area contributed by atoms with Gasteiger partial charge >= 0.3 is 0 Å². The maximum Gasteiger partial charge on any atom is 0.134 e. The van der Waals surface area contributed by atoms with Crippen molar-refractivity contribution in [1.82, 2.24) is 0 Å². The van der Waals surface area contributed by atoms with Gasteiger partial charge in [0.1, 0.15) is 16.2 Å². The molecule has 0 rings (SSSR count). The van der Waals surface area contributed by atoms with Crippen molar-refractivity contribution in [2.45, 2.75) is 45.8 Å². The Hall–Kier alpha value is 0.137. The second kappa shape index (κ2) is 4.88. The zero-order valence-electron chi connectivity index (χ0n) is 7.05. The standard InChI is InChI=1S/C7H15O2Si/c1-5(2)8-7(10)9-6(3)4/h5-7H,1-4H3. The lowest BCUT2D eigenvalue weighted by Gasteiger charge is -2.18. The molecule has 0 N–H and O–H groups in total. The molecule has 0 unspecified atom stereocenters. The van der Waals surface area contributed by atoms with Crippen molar-refractivity contribution < 1.29 is 9.47 Å². The Balaban J connectivity index is 3.34. The maximum atomic E-state index is 5.25. The zero-order chi connectivity index (χ0) is 8.15. The molecular formula is C7H15O2Si. The van der Waals surface area contributed by atoms with E-state index in [1.807, 2.05) is 27.7 Å². The van der Waals surface area contributed by atoms with E-state index in [0.717, 1.165) is 0 Å². The summed E-state index contributed by atoms with van der Waals surface area (Å²) in [6.45, 7) is 7.88. The summed E-state index contributed by atoms with van der Waals surface area (Å²) in [4.78, 5) is 0. The van der Waals surface area contributed by atoms with Crippen LogP contribution in [0, 0.1) is 0 Å². The highest BCUT2D eigenvalue weighted by molar-refractivity contribution is 6.10. The predicted molar refractivity (Wildman–Crippen MR) is 42.0 cm³/mol. The van der Waals surface area contributed by atoms with Gasteiger partial charge in [-0.05, 0) is 27.7 Å². The average Bonchev–Trinajstić information content (AvgIpc) is 1.58. The summed E-state index contributed by atoms with van der Waals surface area (Å²) in [5.41, 5.74) is 0. The molecule has 0 saturated carbocycles. The molecule has 0 amide bonds. The van der Waals surface area contributed by atoms with Gasteiger partial charge in [0.25, 0.3) is 0 Å². The van der Waals surface area contributed by atoms with E-state index in [-0.39, 0.29) is 18.1 Å². The Bertz CT molecular complexity index is 73.7. The topological polar surface area (TPSA) is 18.5 Å². The lowest BCUT2D eigenvalue weighted by atomic mass is 10.5. The van der Waals surface area contributed by atoms with Crippen molar-refractivity contribution >= 4 is 10.2 Å². The fraction of sp³-hybridized carbons (Fsp3) is 1.00. The van der Waals surface area contributed by atoms with Crippen molar-refractivity contribution in [3.05, 3.63) is 0 Å². The van der Waals surface area contributed by atoms with E-state index in [1.54, 1.807) is 0 Å². The summed E-state index contributed by atoms with van der Waals surface area (Å²) < 4.78 is 10.5. The van der Waals surface area contributed by atoms with Gasteiger partial charge in [0.05, 0.1) is 12.2 Å². The Morgan fingerprint density at radius 1 is 0.900 bits per heavy atom. The molecule has 2 nitrogen and oxygen atoms in total. The lowest BCUT2D eigenvalue weighted by molar-refractivity contribution is -0.131. The minimum Gasteiger partial charge on any atom is -0.355 e. The van der Waals surface area contributed by atoms with E-state index in [9.17, 15) is 0 Å². The summed E-state index contributed by atoms with van der Waals surface area (Å²) in [7, 11) is 3.28. The van der Waals surface area contributed by atoms with Gasteiger partial charge in [0.15, 0.2) is 0 Å². The van der Waals surface area contributed by atoms with Crippen molar-refractivity contribution in [3.63, 3.8) is 0 Å². The van der Waals surface area contributed by atoms with Crippen LogP contribution in [0.3, 0.4) is 0 Å². The van der Waals surface area contributed by atoms with Crippen LogP contribution >= 0.6 is 0 Å². The molecule has 0 atom stereocenters. The van der Waals surface area contributed by atoms with Crippen LogP contribution < -0.4 is 0 Å². The van der Waals surface area contributed by atoms with Gasteiger partial charge in [0.2, 0.25) is 0 Å². The fourth-order valence-electron chi connectivity index (χ4n) is 0.526. The highest BCUT2D eigenvalue weighted by atomic mass is 28.1. The van der Waals surface area contributed by atoms with Crippen molar-refractivity contribution in [1.29, 1.82) is 0 Å². The Morgan fingerprint density at radius 3 is 1.40 bits per heavy atom. The molecule has 10 heavy (non-hydrogen) atoms. The molecule has 0 aliphatic carbocycles. The van der Waals surface area contributed by atoms with Gasteiger partial charge in [-0.15, -0.1) is 0 Å². The number of ether oxygens (including phenoxy) is 2. The fourth-order valence-corrected chi connectivity index (χ4v) is 1.07. The van der Waals surface area contributed by atoms with Crippen molar-refractivity contribution in [2.75, 3.05) is 0 Å². The van der Waals surface area contributed by atoms with E-state index < -0.39 is 0 Å². The summed E-state index contributed by atoms with van der Waals surface area (Å²) >= 11 is 0. The number of rotatable bonds is 4. The van der Waals surface area contributed by atoms with Gasteiger partial charge < -0.3 is 9.47 Å². The average molecular weight is 159 g/mol. The van der Waals surface area contributed by atoms with Gasteiger partial charge in [-0.25, -0.2) is 0 Å². The minimum absolute atomic E-state index is 0.196. The van der Waals surface area contributed by atoms with Crippen LogP contribution in [0.15, 0.2) is 0 Å². The molecular weight excluding hydrogens is 144 g/mol. The summed E-state index contributed by atoms with van der Waals surface area (Å²) in [6, 6.07) is 0. The molecule has 0 aromatic carbocycles. The van der Waals surface area contributed by atoms with Crippen molar-refractivity contribution in [2.24, 2.45) is 0 Å². The molecule has 3 radical (unpaired) electrons. The molecule has 0 heterocycles. The van der Waals surface area contributed by atoms with Crippen LogP contribution in [-0.4, -0.2) is 28.4 Å². The SMILES string of the molecule is CC(C)OC([Si])OC(C)C. The zero-order valence-corrected chi connectivity index (χ0v) is 8.05. The highest BCUT2D eigenvalue weighted by Gasteiger charge is 2.05. The number of hydrogen-bond donors (Lipinski definition) is 0. The normalized spacial score (nSPS) is 12.0. The smallest absolute Gasteiger partial charge is 0.134 e. The first-order chi connectivity index (χ1) is 4.52. The van der Waals surface area contributed by atoms with Gasteiger partial charge in [0, 0.05) is 0 Å². The summed E-state index contributed by atoms with van der Waals surface area (Å²) in [6.07, 6.45) is 0.391. The maximum absolute atomic E-state index is 5.25. The molecule has 0 aromatic heterocycles. The Kier molecular flexibility index (Phi) is 4.94. The third-order valence-corrected chi connectivity index (χ3v) is 1.06. The molecule has 0 spiro atoms. The monoisotopic (exact) mass is 159 g/mol. The Morgan fingerprint density at radius 2 is 1.20 bits per heavy atom. The Labute approximate surface area is 66.3 Å². The third-order valence-electron chi connectivity index (χ3n) is 0.792. The molecule has 59 valence electrons. The summed E-state index contributed by atoms with van der Waals surface area (Å²) in [5.74, 6) is -0.278. The van der Waals surface area contributed by atoms with Crippen LogP contribution in [-0.2, 0) is 9.47 Å². The highest BCUT2D eigenvalue weighted by Crippen LogP contribution is 1.99. The van der Waals surface area contributed by atoms with Crippen LogP contribution in [0.2, 0.25) is 0 Å². The van der Waals surface area contributed by atoms with Gasteiger partial charge in [-0.2, -0.15) is 0 Å². The second-order valence-electron chi connectivity index (χ2n) is 2.70. The molecule has 0 bridgehead atoms. The molecule has 3 heteroatoms. The quantitative estimate of drug-likeness (QED) is 0.454. The molecule has 0 aliphatic rings. The molecule has 0 fully saturated rings. The number of hydrogen-bond acceptors (Lipinski definition) is 2. The first-order valence-corrected chi connectivity index (χ1v) is 4.12. The first-order valence-electron chi connectivity index (χ1n) is 3.54. The third kappa shape index (κ3) is 6.26. The largest absolute Gasteiger partial charge is 0.355 e. The van der Waals surface area contributed by atoms with Crippen LogP contribution in [0.25, 0.3) is 0 Å². The molecule has 0 saturated heterocycles. The van der Waals surface area contributed by atoms with Crippen LogP contribution in [0.5, 0.6) is 0 Å². The van der Waals surface area contributed by atoms with E-state index in [0.29, 0.717) is 0 Å². The van der Waals surface area contributed by atoms with Crippen LogP contribution in [0.4, 0.5) is 0 Å². The second-order valence-corrected chi connectivity index (χ2v) is 3.17. The van der Waals surface area contributed by atoms with Gasteiger partial charge in [-0.3, -0.25) is 0 Å². The minimum atomic E-state index is -0.278. The van der Waals surface area contributed by atoms with Crippen molar-refractivity contribution in [3.8, 4) is 0 Å². The van der Waals surface area contributed by atoms with E-state index >= 15 is 0 Å². The molecule has 0 aliphatic heterocycles. The molecule has 0 aromatic rings. The van der Waals surface area contributed by atoms with E-state index in [2.05, 4.69) is 10.2 Å². The van der Waals surface area contributed by atoms with E-state index in [4.69, 9.17) is 9.47 Å². The van der Waals surface area contributed by atoms with Gasteiger partial charge in [-0.1, -0.05) is 0 Å². The summed E-state index contributed by atoms with van der Waals surface area (Å²) in [5, 5.41) is 0. The van der Waals surface area contributed by atoms with E-state index in [1.165, 1.54) is 0 Å². The lowest BCUT2D eigenvalue weighted by Crippen LogP contribution is -2.24. The predicted octanol–water partition coefficient (Wildman–Crippen LogP) is 1.29.